The molecule has 0 radical (unpaired) electrons. The van der Waals surface area contributed by atoms with Crippen LogP contribution in [0.2, 0.25) is 5.02 Å². The number of rotatable bonds is 4. The van der Waals surface area contributed by atoms with Gasteiger partial charge in [-0.15, -0.1) is 0 Å². The SMILES string of the molecule is O=C1Cc2cc(NC3CC3Nc3cc(Cl)ccc3O)ccc2N1. The van der Waals surface area contributed by atoms with Gasteiger partial charge in [0.05, 0.1) is 12.1 Å². The molecule has 1 fully saturated rings. The van der Waals surface area contributed by atoms with Crippen molar-refractivity contribution in [3.05, 3.63) is 47.0 Å². The lowest BCUT2D eigenvalue weighted by atomic mass is 10.1. The molecule has 2 atom stereocenters. The largest absolute Gasteiger partial charge is 0.506 e. The molecule has 4 rings (SSSR count). The van der Waals surface area contributed by atoms with Crippen molar-refractivity contribution in [2.75, 3.05) is 16.0 Å². The Labute approximate surface area is 138 Å². The zero-order valence-corrected chi connectivity index (χ0v) is 13.0. The maximum Gasteiger partial charge on any atom is 0.228 e. The van der Waals surface area contributed by atoms with Crippen molar-refractivity contribution < 1.29 is 9.90 Å². The number of aromatic hydroxyl groups is 1. The van der Waals surface area contributed by atoms with E-state index in [2.05, 4.69) is 16.0 Å². The van der Waals surface area contributed by atoms with Gasteiger partial charge in [0.15, 0.2) is 0 Å². The molecule has 5 nitrogen and oxygen atoms in total. The van der Waals surface area contributed by atoms with Crippen LogP contribution in [0.4, 0.5) is 17.1 Å². The Balaban J connectivity index is 1.40. The molecule has 1 heterocycles. The zero-order valence-electron chi connectivity index (χ0n) is 12.3. The number of amides is 1. The molecule has 0 saturated heterocycles. The van der Waals surface area contributed by atoms with Gasteiger partial charge < -0.3 is 21.1 Å². The highest BCUT2D eigenvalue weighted by Crippen LogP contribution is 2.35. The summed E-state index contributed by atoms with van der Waals surface area (Å²) in [7, 11) is 0. The average Bonchev–Trinajstić information content (AvgIpc) is 3.11. The van der Waals surface area contributed by atoms with E-state index in [9.17, 15) is 9.90 Å². The van der Waals surface area contributed by atoms with Gasteiger partial charge in [-0.1, -0.05) is 11.6 Å². The lowest BCUT2D eigenvalue weighted by Crippen LogP contribution is -2.13. The molecule has 1 saturated carbocycles. The summed E-state index contributed by atoms with van der Waals surface area (Å²) in [5, 5.41) is 20.0. The van der Waals surface area contributed by atoms with Crippen LogP contribution in [0.25, 0.3) is 0 Å². The van der Waals surface area contributed by atoms with Crippen molar-refractivity contribution in [2.24, 2.45) is 0 Å². The van der Waals surface area contributed by atoms with Crippen LogP contribution in [0.15, 0.2) is 36.4 Å². The molecule has 6 heteroatoms. The number of carbonyl (C=O) groups is 1. The van der Waals surface area contributed by atoms with Crippen LogP contribution < -0.4 is 16.0 Å². The summed E-state index contributed by atoms with van der Waals surface area (Å²) in [6.45, 7) is 0. The third kappa shape index (κ3) is 2.92. The van der Waals surface area contributed by atoms with Crippen LogP contribution in [0.5, 0.6) is 5.75 Å². The van der Waals surface area contributed by atoms with Gasteiger partial charge >= 0.3 is 0 Å². The Bertz CT molecular complexity index is 793. The molecule has 4 N–H and O–H groups in total. The van der Waals surface area contributed by atoms with E-state index in [1.54, 1.807) is 18.2 Å². The van der Waals surface area contributed by atoms with Crippen LogP contribution in [0.1, 0.15) is 12.0 Å². The molecule has 2 unspecified atom stereocenters. The first kappa shape index (κ1) is 14.2. The molecule has 2 aliphatic rings. The number of hydrogen-bond acceptors (Lipinski definition) is 4. The summed E-state index contributed by atoms with van der Waals surface area (Å²) in [5.74, 6) is 0.238. The van der Waals surface area contributed by atoms with Crippen LogP contribution in [0.3, 0.4) is 0 Å². The predicted octanol–water partition coefficient (Wildman–Crippen LogP) is 3.21. The maximum absolute atomic E-state index is 11.4. The summed E-state index contributed by atoms with van der Waals surface area (Å²) >= 11 is 5.95. The van der Waals surface area contributed by atoms with Gasteiger partial charge in [0.2, 0.25) is 5.91 Å². The fourth-order valence-corrected chi connectivity index (χ4v) is 3.04. The number of halogens is 1. The number of nitrogens with one attached hydrogen (secondary N) is 3. The Morgan fingerprint density at radius 2 is 1.96 bits per heavy atom. The van der Waals surface area contributed by atoms with Crippen LogP contribution >= 0.6 is 11.6 Å². The second-order valence-electron chi connectivity index (χ2n) is 6.00. The Hall–Kier alpha value is -2.40. The van der Waals surface area contributed by atoms with E-state index < -0.39 is 0 Å². The van der Waals surface area contributed by atoms with Gasteiger partial charge in [0.25, 0.3) is 0 Å². The summed E-state index contributed by atoms with van der Waals surface area (Å²) in [6, 6.07) is 11.4. The van der Waals surface area contributed by atoms with Crippen molar-refractivity contribution in [3.8, 4) is 5.75 Å². The van der Waals surface area contributed by atoms with E-state index >= 15 is 0 Å². The van der Waals surface area contributed by atoms with Crippen molar-refractivity contribution in [3.63, 3.8) is 0 Å². The number of benzene rings is 2. The van der Waals surface area contributed by atoms with Gasteiger partial charge in [-0.25, -0.2) is 0 Å². The van der Waals surface area contributed by atoms with Crippen molar-refractivity contribution in [2.45, 2.75) is 24.9 Å². The molecular weight excluding hydrogens is 314 g/mol. The van der Waals surface area contributed by atoms with E-state index in [-0.39, 0.29) is 23.7 Å². The van der Waals surface area contributed by atoms with Gasteiger partial charge in [-0.3, -0.25) is 4.79 Å². The monoisotopic (exact) mass is 329 g/mol. The average molecular weight is 330 g/mol. The summed E-state index contributed by atoms with van der Waals surface area (Å²) in [5.41, 5.74) is 3.58. The zero-order chi connectivity index (χ0) is 16.0. The topological polar surface area (TPSA) is 73.4 Å². The molecule has 2 aromatic carbocycles. The third-order valence-corrected chi connectivity index (χ3v) is 4.41. The van der Waals surface area contributed by atoms with Crippen LogP contribution in [0, 0.1) is 0 Å². The van der Waals surface area contributed by atoms with E-state index in [1.807, 2.05) is 18.2 Å². The molecule has 0 spiro atoms. The van der Waals surface area contributed by atoms with Crippen molar-refractivity contribution in [1.29, 1.82) is 0 Å². The summed E-state index contributed by atoms with van der Waals surface area (Å²) in [6.07, 6.45) is 1.40. The fraction of sp³-hybridized carbons (Fsp3) is 0.235. The smallest absolute Gasteiger partial charge is 0.228 e. The first-order valence-electron chi connectivity index (χ1n) is 7.53. The highest BCUT2D eigenvalue weighted by Gasteiger charge is 2.37. The standard InChI is InChI=1S/C17H16ClN3O2/c18-10-1-4-16(22)15(7-10)20-14-8-13(14)19-11-2-3-12-9(5-11)6-17(23)21-12/h1-5,7,13-14,19-20,22H,6,8H2,(H,21,23). The lowest BCUT2D eigenvalue weighted by molar-refractivity contribution is -0.115. The summed E-state index contributed by atoms with van der Waals surface area (Å²) < 4.78 is 0. The van der Waals surface area contributed by atoms with E-state index in [0.29, 0.717) is 17.1 Å². The van der Waals surface area contributed by atoms with Crippen LogP contribution in [-0.4, -0.2) is 23.1 Å². The van der Waals surface area contributed by atoms with E-state index in [0.717, 1.165) is 23.4 Å². The molecular formula is C17H16ClN3O2. The minimum absolute atomic E-state index is 0.0412. The van der Waals surface area contributed by atoms with E-state index in [4.69, 9.17) is 11.6 Å². The first-order chi connectivity index (χ1) is 11.1. The highest BCUT2D eigenvalue weighted by molar-refractivity contribution is 6.30. The number of fused-ring (bicyclic) bond motifs is 1. The molecule has 0 bridgehead atoms. The van der Waals surface area contributed by atoms with Crippen molar-refractivity contribution in [1.82, 2.24) is 0 Å². The molecule has 0 aromatic heterocycles. The number of hydrogen-bond donors (Lipinski definition) is 4. The lowest BCUT2D eigenvalue weighted by Gasteiger charge is -2.10. The predicted molar refractivity (Wildman–Crippen MR) is 91.3 cm³/mol. The minimum atomic E-state index is 0.0412. The molecule has 118 valence electrons. The number of carbonyl (C=O) groups excluding carboxylic acids is 1. The van der Waals surface area contributed by atoms with Gasteiger partial charge in [0, 0.05) is 28.5 Å². The molecule has 1 aliphatic carbocycles. The van der Waals surface area contributed by atoms with Gasteiger partial charge in [-0.05, 0) is 48.4 Å². The second-order valence-corrected chi connectivity index (χ2v) is 6.43. The normalized spacial score (nSPS) is 21.5. The maximum atomic E-state index is 11.4. The Kier molecular flexibility index (Phi) is 3.31. The Morgan fingerprint density at radius 1 is 1.13 bits per heavy atom. The van der Waals surface area contributed by atoms with Crippen molar-refractivity contribution >= 4 is 34.6 Å². The molecule has 1 aliphatic heterocycles. The molecule has 2 aromatic rings. The molecule has 1 amide bonds. The third-order valence-electron chi connectivity index (χ3n) is 4.17. The first-order valence-corrected chi connectivity index (χ1v) is 7.91. The minimum Gasteiger partial charge on any atom is -0.506 e. The Morgan fingerprint density at radius 3 is 2.83 bits per heavy atom. The molecule has 23 heavy (non-hydrogen) atoms. The fourth-order valence-electron chi connectivity index (χ4n) is 2.87. The van der Waals surface area contributed by atoms with Gasteiger partial charge in [0.1, 0.15) is 5.75 Å². The number of anilines is 3. The summed E-state index contributed by atoms with van der Waals surface area (Å²) in [4.78, 5) is 11.4. The van der Waals surface area contributed by atoms with Crippen LogP contribution in [-0.2, 0) is 11.2 Å². The highest BCUT2D eigenvalue weighted by atomic mass is 35.5. The quantitative estimate of drug-likeness (QED) is 0.650. The number of phenolic OH excluding ortho intramolecular Hbond substituents is 1. The van der Waals surface area contributed by atoms with Gasteiger partial charge in [-0.2, -0.15) is 0 Å². The van der Waals surface area contributed by atoms with E-state index in [1.165, 1.54) is 0 Å². The number of phenols is 1. The second kappa shape index (κ2) is 5.35.